The minimum atomic E-state index is -0.554. The van der Waals surface area contributed by atoms with Crippen LogP contribution in [0.1, 0.15) is 64.1 Å². The Labute approximate surface area is 299 Å². The maximum atomic E-state index is 6.80. The Balaban J connectivity index is 0.00000200. The third-order valence-corrected chi connectivity index (χ3v) is 12.7. The van der Waals surface area contributed by atoms with E-state index in [4.69, 9.17) is 23.2 Å². The van der Waals surface area contributed by atoms with Crippen LogP contribution in [-0.2, 0) is 19.2 Å². The summed E-state index contributed by atoms with van der Waals surface area (Å²) in [4.78, 5) is 0. The number of aryl methyl sites for hydroxylation is 6. The van der Waals surface area contributed by atoms with Gasteiger partial charge in [-0.25, -0.2) is 0 Å². The molecule has 0 saturated heterocycles. The van der Waals surface area contributed by atoms with Gasteiger partial charge in [-0.2, -0.15) is 0 Å². The molecule has 0 amide bonds. The molecule has 226 valence electrons. The van der Waals surface area contributed by atoms with E-state index in [9.17, 15) is 0 Å². The van der Waals surface area contributed by atoms with Gasteiger partial charge in [-0.05, 0) is 0 Å². The number of fused-ring (bicyclic) bond motifs is 4. The van der Waals surface area contributed by atoms with Crippen LogP contribution in [0, 0.1) is 41.5 Å². The monoisotopic (exact) mass is 702 g/mol. The summed E-state index contributed by atoms with van der Waals surface area (Å²) in [7, 11) is 0. The maximum absolute atomic E-state index is 6.80. The van der Waals surface area contributed by atoms with E-state index in [0.29, 0.717) is 8.45 Å². The smallest absolute Gasteiger partial charge is 1.00 e. The summed E-state index contributed by atoms with van der Waals surface area (Å²) in [6, 6.07) is 27.6. The van der Waals surface area contributed by atoms with Crippen molar-refractivity contribution in [2.24, 2.45) is 0 Å². The van der Waals surface area contributed by atoms with Crippen molar-refractivity contribution in [1.29, 1.82) is 0 Å². The average molecular weight is 704 g/mol. The van der Waals surface area contributed by atoms with E-state index in [1.54, 1.807) is 0 Å². The molecule has 0 aromatic heterocycles. The van der Waals surface area contributed by atoms with Crippen molar-refractivity contribution in [3.63, 3.8) is 0 Å². The van der Waals surface area contributed by atoms with Crippen LogP contribution in [0.2, 0.25) is 10.0 Å². The summed E-state index contributed by atoms with van der Waals surface area (Å²) in [5, 5.41) is 1.62. The van der Waals surface area contributed by atoms with Crippen LogP contribution in [0.4, 0.5) is 0 Å². The summed E-state index contributed by atoms with van der Waals surface area (Å²) >= 11 is 12.9. The molecular weight excluding hydrogens is 670 g/mol. The van der Waals surface area contributed by atoms with Gasteiger partial charge in [0.05, 0.1) is 0 Å². The van der Waals surface area contributed by atoms with E-state index in [2.05, 4.69) is 114 Å². The normalized spacial score (nSPS) is 14.3. The number of halogens is 4. The zero-order valence-corrected chi connectivity index (χ0v) is 30.8. The number of benzene rings is 5. The van der Waals surface area contributed by atoms with Gasteiger partial charge in [0.25, 0.3) is 0 Å². The van der Waals surface area contributed by atoms with E-state index in [1.807, 2.05) is 12.1 Å². The second-order valence-corrected chi connectivity index (χ2v) is 15.7. The third-order valence-electron chi connectivity index (χ3n) is 9.24. The van der Waals surface area contributed by atoms with Gasteiger partial charge in [0.2, 0.25) is 0 Å². The molecule has 7 rings (SSSR count). The van der Waals surface area contributed by atoms with Gasteiger partial charge in [0.1, 0.15) is 0 Å². The molecule has 1 atom stereocenters. The molecule has 0 spiro atoms. The number of hydrogen-bond acceptors (Lipinski definition) is 0. The first-order chi connectivity index (χ1) is 20.6. The van der Waals surface area contributed by atoms with E-state index < -0.39 is 19.2 Å². The predicted molar refractivity (Wildman–Crippen MR) is 181 cm³/mol. The summed E-state index contributed by atoms with van der Waals surface area (Å²) in [6.45, 7) is 13.3. The molecule has 45 heavy (non-hydrogen) atoms. The third kappa shape index (κ3) is 5.89. The Morgan fingerprint density at radius 3 is 1.47 bits per heavy atom. The standard InChI is InChI=1S/C31H29.C9H5Cl2.2ClH.Ti/c1-18-11-20(3)30(21(4)12-18)26-9-7-24-15-25-8-10-27(17-29(25)28(24)16-26)31-22(5)13-19(2)14-23(31)6;10-8-4-5-9(11)7-3-1-2-6(7)8;;;/h7-17H,1-6H3;1-5H;2*1H;/q;;;;+2/p-2. The van der Waals surface area contributed by atoms with E-state index in [0.717, 1.165) is 15.6 Å². The molecule has 1 unspecified atom stereocenters. The van der Waals surface area contributed by atoms with Crippen LogP contribution in [-0.4, -0.2) is 0 Å². The fourth-order valence-corrected chi connectivity index (χ4v) is 11.3. The van der Waals surface area contributed by atoms with Gasteiger partial charge in [-0.1, -0.05) is 0 Å². The minimum absolute atomic E-state index is 0. The molecule has 5 aromatic carbocycles. The molecule has 0 radical (unpaired) electrons. The van der Waals surface area contributed by atoms with Gasteiger partial charge >= 0.3 is 276 Å². The van der Waals surface area contributed by atoms with Gasteiger partial charge in [-0.3, -0.25) is 0 Å². The van der Waals surface area contributed by atoms with Crippen LogP contribution in [0.25, 0.3) is 39.5 Å². The molecule has 0 aliphatic heterocycles. The second-order valence-electron chi connectivity index (χ2n) is 12.4. The second kappa shape index (κ2) is 13.1. The van der Waals surface area contributed by atoms with E-state index >= 15 is 0 Å². The molecule has 0 saturated carbocycles. The predicted octanol–water partition coefficient (Wildman–Crippen LogP) is 6.11. The molecule has 2 aliphatic rings. The van der Waals surface area contributed by atoms with Gasteiger partial charge in [-0.15, -0.1) is 0 Å². The van der Waals surface area contributed by atoms with Crippen molar-refractivity contribution in [2.75, 3.05) is 0 Å². The van der Waals surface area contributed by atoms with Gasteiger partial charge in [0.15, 0.2) is 0 Å². The first-order valence-corrected chi connectivity index (χ1v) is 17.5. The summed E-state index contributed by atoms with van der Waals surface area (Å²) in [5.74, 6) is 0. The van der Waals surface area contributed by atoms with Gasteiger partial charge < -0.3 is 24.8 Å². The molecule has 0 bridgehead atoms. The van der Waals surface area contributed by atoms with Crippen LogP contribution in [0.5, 0.6) is 0 Å². The first kappa shape index (κ1) is 34.1. The zero-order valence-electron chi connectivity index (χ0n) is 26.2. The Morgan fingerprint density at radius 2 is 1.00 bits per heavy atom. The number of rotatable bonds is 4. The summed E-state index contributed by atoms with van der Waals surface area (Å²) in [5.41, 5.74) is 21.2. The van der Waals surface area contributed by atoms with Crippen molar-refractivity contribution in [3.05, 3.63) is 145 Å². The topological polar surface area (TPSA) is 0 Å². The van der Waals surface area contributed by atoms with E-state index in [-0.39, 0.29) is 24.8 Å². The van der Waals surface area contributed by atoms with Crippen molar-refractivity contribution in [1.82, 2.24) is 0 Å². The van der Waals surface area contributed by atoms with Crippen molar-refractivity contribution < 1.29 is 44.0 Å². The van der Waals surface area contributed by atoms with Crippen LogP contribution >= 0.6 is 23.2 Å². The number of allylic oxidation sites excluding steroid dienone is 1. The maximum Gasteiger partial charge on any atom is -1.00 e. The van der Waals surface area contributed by atoms with Gasteiger partial charge in [0, 0.05) is 0 Å². The molecule has 0 fully saturated rings. The minimum Gasteiger partial charge on any atom is -1.00 e. The number of hydrogen-bond donors (Lipinski definition) is 0. The fourth-order valence-electron chi connectivity index (χ4n) is 7.69. The quantitative estimate of drug-likeness (QED) is 0.199. The van der Waals surface area contributed by atoms with Crippen LogP contribution in [0.15, 0.2) is 78.9 Å². The Hall–Kier alpha value is -2.29. The molecule has 5 aromatic rings. The van der Waals surface area contributed by atoms with Crippen LogP contribution in [0.3, 0.4) is 0 Å². The largest absolute Gasteiger partial charge is 1.00 e. The van der Waals surface area contributed by atoms with Crippen molar-refractivity contribution >= 4 is 29.3 Å². The average Bonchev–Trinajstić information content (AvgIpc) is 3.50. The molecular formula is C40H34Cl4Ti. The molecule has 5 heteroatoms. The molecule has 2 aliphatic carbocycles. The van der Waals surface area contributed by atoms with E-state index in [1.165, 1.54) is 83.5 Å². The van der Waals surface area contributed by atoms with Crippen molar-refractivity contribution in [2.45, 2.75) is 50.0 Å². The molecule has 0 N–H and O–H groups in total. The zero-order chi connectivity index (χ0) is 30.2. The Kier molecular flexibility index (Phi) is 9.90. The summed E-state index contributed by atoms with van der Waals surface area (Å²) in [6.07, 6.45) is 4.54. The SMILES string of the molecule is Cc1cc(C)c(-c2ccc3c(c2)-c2cc(-c4c(C)cc(C)cc4C)ccc2[CH]3[Ti+2][CH]2C=Cc3c(Cl)ccc(Cl)c32)c(C)c1.[Cl-].[Cl-]. The summed E-state index contributed by atoms with van der Waals surface area (Å²) < 4.78 is 0.733. The Morgan fingerprint density at radius 1 is 0.556 bits per heavy atom. The molecule has 0 nitrogen and oxygen atoms in total. The Bertz CT molecular complexity index is 1850. The van der Waals surface area contributed by atoms with Crippen LogP contribution < -0.4 is 24.8 Å². The fraction of sp³-hybridized carbons (Fsp3) is 0.200. The molecule has 0 heterocycles. The van der Waals surface area contributed by atoms with Crippen molar-refractivity contribution in [3.8, 4) is 33.4 Å². The first-order valence-electron chi connectivity index (χ1n) is 15.0.